The summed E-state index contributed by atoms with van der Waals surface area (Å²) in [5.41, 5.74) is 3.60. The first-order chi connectivity index (χ1) is 13.8. The molecule has 2 nitrogen and oxygen atoms in total. The van der Waals surface area contributed by atoms with Gasteiger partial charge in [0.15, 0.2) is 0 Å². The number of alkyl halides is 3. The first kappa shape index (κ1) is 20.9. The summed E-state index contributed by atoms with van der Waals surface area (Å²) in [4.78, 5) is 1.33. The number of aromatic nitrogens is 1. The quantitative estimate of drug-likeness (QED) is 0.529. The summed E-state index contributed by atoms with van der Waals surface area (Å²) in [5.74, 6) is 0. The van der Waals surface area contributed by atoms with Crippen LogP contribution in [0, 0.1) is 6.92 Å². The first-order valence-corrected chi connectivity index (χ1v) is 9.65. The van der Waals surface area contributed by atoms with Gasteiger partial charge in [-0.1, -0.05) is 48.5 Å². The van der Waals surface area contributed by atoms with Crippen LogP contribution in [0.3, 0.4) is 0 Å². The summed E-state index contributed by atoms with van der Waals surface area (Å²) in [6.07, 6.45) is -0.495. The highest BCUT2D eigenvalue weighted by Gasteiger charge is 2.30. The standard InChI is InChI=1S/C24H25F3N2/c1-3-13-28(16-20-11-9-19(2)10-12-20)18-23-8-5-14-29(23)17-21-6-4-7-22(15-21)24(25,26)27/h3-12,14-15H,1,13,16-18H2,2H3/p+1. The number of nitrogens with zero attached hydrogens (tertiary/aromatic N) is 1. The lowest BCUT2D eigenvalue weighted by molar-refractivity contribution is -0.922. The van der Waals surface area contributed by atoms with Crippen LogP contribution in [0.4, 0.5) is 13.2 Å². The maximum Gasteiger partial charge on any atom is 0.416 e. The van der Waals surface area contributed by atoms with Crippen LogP contribution in [-0.2, 0) is 25.8 Å². The molecule has 0 aliphatic carbocycles. The zero-order valence-corrected chi connectivity index (χ0v) is 16.5. The molecular formula is C24H26F3N2+. The van der Waals surface area contributed by atoms with Crippen molar-refractivity contribution in [3.63, 3.8) is 0 Å². The second kappa shape index (κ2) is 9.14. The molecule has 1 N–H and O–H groups in total. The van der Waals surface area contributed by atoms with Crippen LogP contribution in [0.1, 0.15) is 27.9 Å². The third-order valence-corrected chi connectivity index (χ3v) is 4.97. The van der Waals surface area contributed by atoms with Gasteiger partial charge in [-0.2, -0.15) is 13.2 Å². The highest BCUT2D eigenvalue weighted by atomic mass is 19.4. The van der Waals surface area contributed by atoms with E-state index in [1.165, 1.54) is 28.2 Å². The van der Waals surface area contributed by atoms with Gasteiger partial charge in [0, 0.05) is 18.3 Å². The molecule has 2 aromatic carbocycles. The molecule has 0 amide bonds. The van der Waals surface area contributed by atoms with Gasteiger partial charge >= 0.3 is 6.18 Å². The van der Waals surface area contributed by atoms with Crippen molar-refractivity contribution in [1.29, 1.82) is 0 Å². The van der Waals surface area contributed by atoms with Crippen LogP contribution in [-0.4, -0.2) is 11.1 Å². The van der Waals surface area contributed by atoms with Gasteiger partial charge in [-0.3, -0.25) is 0 Å². The van der Waals surface area contributed by atoms with E-state index in [9.17, 15) is 13.2 Å². The minimum Gasteiger partial charge on any atom is -0.342 e. The Bertz CT molecular complexity index is 939. The van der Waals surface area contributed by atoms with E-state index >= 15 is 0 Å². The molecule has 1 atom stereocenters. The minimum atomic E-state index is -4.32. The molecule has 5 heteroatoms. The minimum absolute atomic E-state index is 0.415. The Labute approximate surface area is 169 Å². The molecule has 0 saturated carbocycles. The fourth-order valence-corrected chi connectivity index (χ4v) is 3.47. The summed E-state index contributed by atoms with van der Waals surface area (Å²) >= 11 is 0. The number of aryl methyl sites for hydroxylation is 1. The average molecular weight is 399 g/mol. The zero-order chi connectivity index (χ0) is 20.9. The molecule has 0 radical (unpaired) electrons. The van der Waals surface area contributed by atoms with Gasteiger partial charge in [0.05, 0.1) is 17.8 Å². The van der Waals surface area contributed by atoms with Gasteiger partial charge < -0.3 is 9.47 Å². The Balaban J connectivity index is 1.74. The molecule has 3 aromatic rings. The van der Waals surface area contributed by atoms with E-state index in [1.54, 1.807) is 6.07 Å². The lowest BCUT2D eigenvalue weighted by Gasteiger charge is -2.20. The second-order valence-corrected chi connectivity index (χ2v) is 7.41. The predicted octanol–water partition coefficient (Wildman–Crippen LogP) is 4.63. The second-order valence-electron chi connectivity index (χ2n) is 7.41. The number of halogens is 3. The molecule has 152 valence electrons. The zero-order valence-electron chi connectivity index (χ0n) is 16.5. The van der Waals surface area contributed by atoms with E-state index < -0.39 is 11.7 Å². The average Bonchev–Trinajstić information content (AvgIpc) is 3.10. The summed E-state index contributed by atoms with van der Waals surface area (Å²) in [5, 5.41) is 0. The molecule has 1 unspecified atom stereocenters. The lowest BCUT2D eigenvalue weighted by Crippen LogP contribution is -3.09. The highest BCUT2D eigenvalue weighted by Crippen LogP contribution is 2.29. The molecule has 1 aromatic heterocycles. The molecule has 1 heterocycles. The summed E-state index contributed by atoms with van der Waals surface area (Å²) in [6.45, 7) is 8.80. The van der Waals surface area contributed by atoms with Crippen LogP contribution in [0.25, 0.3) is 0 Å². The van der Waals surface area contributed by atoms with Crippen molar-refractivity contribution in [2.24, 2.45) is 0 Å². The van der Waals surface area contributed by atoms with Gasteiger partial charge in [0.2, 0.25) is 0 Å². The van der Waals surface area contributed by atoms with Crippen molar-refractivity contribution in [2.45, 2.75) is 32.7 Å². The molecule has 0 saturated heterocycles. The monoisotopic (exact) mass is 399 g/mol. The Hall–Kier alpha value is -2.79. The lowest BCUT2D eigenvalue weighted by atomic mass is 10.1. The smallest absolute Gasteiger partial charge is 0.342 e. The Morgan fingerprint density at radius 2 is 1.72 bits per heavy atom. The largest absolute Gasteiger partial charge is 0.416 e. The molecule has 0 bridgehead atoms. The number of nitrogens with one attached hydrogen (secondary N) is 1. The Kier molecular flexibility index (Phi) is 6.60. The molecule has 0 aliphatic rings. The molecular weight excluding hydrogens is 373 g/mol. The van der Waals surface area contributed by atoms with Crippen LogP contribution in [0.5, 0.6) is 0 Å². The van der Waals surface area contributed by atoms with Crippen molar-refractivity contribution in [3.8, 4) is 0 Å². The van der Waals surface area contributed by atoms with Crippen LogP contribution < -0.4 is 4.90 Å². The van der Waals surface area contributed by atoms with E-state index in [1.807, 2.05) is 29.0 Å². The van der Waals surface area contributed by atoms with Gasteiger partial charge in [-0.15, -0.1) is 0 Å². The van der Waals surface area contributed by atoms with Crippen LogP contribution in [0.2, 0.25) is 0 Å². The van der Waals surface area contributed by atoms with Gasteiger partial charge in [-0.05, 0) is 42.8 Å². The van der Waals surface area contributed by atoms with Crippen molar-refractivity contribution < 1.29 is 18.1 Å². The number of hydrogen-bond donors (Lipinski definition) is 1. The van der Waals surface area contributed by atoms with Crippen LogP contribution >= 0.6 is 0 Å². The fourth-order valence-electron chi connectivity index (χ4n) is 3.47. The number of rotatable bonds is 8. The van der Waals surface area contributed by atoms with E-state index in [4.69, 9.17) is 0 Å². The van der Waals surface area contributed by atoms with Crippen LogP contribution in [0.15, 0.2) is 79.5 Å². The molecule has 0 fully saturated rings. The maximum atomic E-state index is 13.0. The molecule has 3 rings (SSSR count). The van der Waals surface area contributed by atoms with E-state index in [2.05, 4.69) is 37.8 Å². The SMILES string of the molecule is C=CC[NH+](Cc1ccc(C)cc1)Cc1cccn1Cc1cccc(C(F)(F)F)c1. The van der Waals surface area contributed by atoms with E-state index in [-0.39, 0.29) is 0 Å². The number of hydrogen-bond acceptors (Lipinski definition) is 0. The van der Waals surface area contributed by atoms with Gasteiger partial charge in [0.1, 0.15) is 13.1 Å². The maximum absolute atomic E-state index is 13.0. The Morgan fingerprint density at radius 3 is 2.41 bits per heavy atom. The molecule has 0 spiro atoms. The van der Waals surface area contributed by atoms with E-state index in [0.29, 0.717) is 12.1 Å². The van der Waals surface area contributed by atoms with Crippen molar-refractivity contribution in [2.75, 3.05) is 6.54 Å². The topological polar surface area (TPSA) is 9.37 Å². The van der Waals surface area contributed by atoms with Gasteiger partial charge in [-0.25, -0.2) is 0 Å². The first-order valence-electron chi connectivity index (χ1n) is 9.65. The third kappa shape index (κ3) is 5.84. The molecule has 0 aliphatic heterocycles. The fraction of sp³-hybridized carbons (Fsp3) is 0.250. The number of benzene rings is 2. The highest BCUT2D eigenvalue weighted by molar-refractivity contribution is 5.26. The predicted molar refractivity (Wildman–Crippen MR) is 110 cm³/mol. The third-order valence-electron chi connectivity index (χ3n) is 4.97. The van der Waals surface area contributed by atoms with Crippen molar-refractivity contribution in [1.82, 2.24) is 4.57 Å². The van der Waals surface area contributed by atoms with E-state index in [0.717, 1.165) is 31.4 Å². The normalized spacial score (nSPS) is 12.7. The number of quaternary nitrogens is 1. The Morgan fingerprint density at radius 1 is 0.966 bits per heavy atom. The summed E-state index contributed by atoms with van der Waals surface area (Å²) in [7, 11) is 0. The molecule has 29 heavy (non-hydrogen) atoms. The van der Waals surface area contributed by atoms with Gasteiger partial charge in [0.25, 0.3) is 0 Å². The summed E-state index contributed by atoms with van der Waals surface area (Å²) in [6, 6.07) is 18.0. The summed E-state index contributed by atoms with van der Waals surface area (Å²) < 4.78 is 41.0. The van der Waals surface area contributed by atoms with Crippen molar-refractivity contribution >= 4 is 0 Å². The van der Waals surface area contributed by atoms with Crippen molar-refractivity contribution in [3.05, 3.63) is 107 Å².